The van der Waals surface area contributed by atoms with E-state index in [4.69, 9.17) is 4.74 Å². The molecule has 3 nitrogen and oxygen atoms in total. The summed E-state index contributed by atoms with van der Waals surface area (Å²) in [6, 6.07) is 3.36. The van der Waals surface area contributed by atoms with Gasteiger partial charge >= 0.3 is 12.3 Å². The molecule has 0 saturated heterocycles. The van der Waals surface area contributed by atoms with Crippen molar-refractivity contribution < 1.29 is 18.7 Å². The number of carbonyl (C=O) groups excluding carboxylic acids is 1. The molecule has 0 aliphatic heterocycles. The van der Waals surface area contributed by atoms with Gasteiger partial charge in [0.15, 0.2) is 5.75 Å². The molecule has 0 bridgehead atoms. The molecule has 1 atom stereocenters. The number of halogens is 4. The van der Waals surface area contributed by atoms with Crippen molar-refractivity contribution in [2.45, 2.75) is 13.3 Å². The predicted octanol–water partition coefficient (Wildman–Crippen LogP) is 4.21. The minimum absolute atomic E-state index is 0.102. The van der Waals surface area contributed by atoms with Crippen molar-refractivity contribution in [3.05, 3.63) is 25.6 Å². The van der Waals surface area contributed by atoms with Crippen LogP contribution in [0.2, 0.25) is 0 Å². The first-order valence-electron chi connectivity index (χ1n) is 4.57. The average Bonchev–Trinajstić information content (AvgIpc) is 2.23. The summed E-state index contributed by atoms with van der Waals surface area (Å²) in [4.78, 5) is 11.1. The van der Waals surface area contributed by atoms with Crippen molar-refractivity contribution >= 4 is 53.8 Å². The normalized spacial score (nSPS) is 12.1. The molecular formula is C10H8Br3FO3. The lowest BCUT2D eigenvalue weighted by Crippen LogP contribution is -2.25. The number of hydrogen-bond donors (Lipinski definition) is 0. The molecule has 0 aliphatic carbocycles. The first-order chi connectivity index (χ1) is 7.95. The largest absolute Gasteiger partial charge is 0.461 e. The Kier molecular flexibility index (Phi) is 5.88. The molecule has 0 heterocycles. The molecule has 94 valence electrons. The van der Waals surface area contributed by atoms with Gasteiger partial charge in [0.25, 0.3) is 0 Å². The lowest BCUT2D eigenvalue weighted by Gasteiger charge is -2.13. The van der Waals surface area contributed by atoms with Crippen LogP contribution >= 0.6 is 47.8 Å². The van der Waals surface area contributed by atoms with Gasteiger partial charge in [-0.2, -0.15) is 4.39 Å². The Labute approximate surface area is 123 Å². The van der Waals surface area contributed by atoms with Crippen molar-refractivity contribution in [1.29, 1.82) is 0 Å². The Morgan fingerprint density at radius 2 is 1.88 bits per heavy atom. The van der Waals surface area contributed by atoms with Gasteiger partial charge in [-0.25, -0.2) is 4.79 Å². The maximum atomic E-state index is 13.4. The standard InChI is InChI=1S/C10H8Br3FO3/c1-2-16-10(15)9(14)17-8-6(12)3-5(11)4-7(8)13/h3-4,9H,2H2,1H3. The molecule has 0 fully saturated rings. The van der Waals surface area contributed by atoms with E-state index in [0.29, 0.717) is 8.95 Å². The van der Waals surface area contributed by atoms with E-state index in [9.17, 15) is 9.18 Å². The second-order valence-electron chi connectivity index (χ2n) is 2.88. The molecule has 0 spiro atoms. The number of hydrogen-bond acceptors (Lipinski definition) is 3. The van der Waals surface area contributed by atoms with E-state index in [1.165, 1.54) is 0 Å². The highest BCUT2D eigenvalue weighted by Crippen LogP contribution is 2.37. The first-order valence-corrected chi connectivity index (χ1v) is 6.95. The van der Waals surface area contributed by atoms with Crippen LogP contribution in [0.3, 0.4) is 0 Å². The summed E-state index contributed by atoms with van der Waals surface area (Å²) in [6.07, 6.45) is -2.15. The SMILES string of the molecule is CCOC(=O)C(F)Oc1c(Br)cc(Br)cc1Br. The van der Waals surface area contributed by atoms with Crippen LogP contribution in [0.25, 0.3) is 0 Å². The quantitative estimate of drug-likeness (QED) is 0.666. The van der Waals surface area contributed by atoms with Crippen molar-refractivity contribution in [3.8, 4) is 5.75 Å². The predicted molar refractivity (Wildman–Crippen MR) is 71.7 cm³/mol. The number of esters is 1. The molecule has 0 aromatic heterocycles. The maximum Gasteiger partial charge on any atom is 0.381 e. The van der Waals surface area contributed by atoms with Gasteiger partial charge in [-0.3, -0.25) is 0 Å². The molecule has 0 N–H and O–H groups in total. The van der Waals surface area contributed by atoms with Gasteiger partial charge in [0.05, 0.1) is 15.6 Å². The van der Waals surface area contributed by atoms with E-state index in [0.717, 1.165) is 4.47 Å². The van der Waals surface area contributed by atoms with Crippen LogP contribution in [0.4, 0.5) is 4.39 Å². The average molecular weight is 435 g/mol. The molecule has 0 saturated carbocycles. The topological polar surface area (TPSA) is 35.5 Å². The smallest absolute Gasteiger partial charge is 0.381 e. The molecule has 1 unspecified atom stereocenters. The summed E-state index contributed by atoms with van der Waals surface area (Å²) in [5.74, 6) is -0.844. The monoisotopic (exact) mass is 432 g/mol. The summed E-state index contributed by atoms with van der Waals surface area (Å²) in [7, 11) is 0. The summed E-state index contributed by atoms with van der Waals surface area (Å²) in [5.41, 5.74) is 0. The summed E-state index contributed by atoms with van der Waals surface area (Å²) in [6.45, 7) is 1.70. The van der Waals surface area contributed by atoms with Crippen LogP contribution in [0, 0.1) is 0 Å². The second kappa shape index (κ2) is 6.70. The molecule has 1 aromatic carbocycles. The lowest BCUT2D eigenvalue weighted by atomic mass is 10.3. The van der Waals surface area contributed by atoms with Gasteiger partial charge in [0.1, 0.15) is 0 Å². The highest BCUT2D eigenvalue weighted by Gasteiger charge is 2.22. The first kappa shape index (κ1) is 14.9. The molecule has 0 amide bonds. The number of ether oxygens (including phenoxy) is 2. The fraction of sp³-hybridized carbons (Fsp3) is 0.300. The lowest BCUT2D eigenvalue weighted by molar-refractivity contribution is -0.159. The molecule has 1 aromatic rings. The molecule has 0 aliphatic rings. The summed E-state index contributed by atoms with van der Waals surface area (Å²) >= 11 is 9.69. The number of benzene rings is 1. The van der Waals surface area contributed by atoms with E-state index in [-0.39, 0.29) is 12.4 Å². The molecular weight excluding hydrogens is 427 g/mol. The second-order valence-corrected chi connectivity index (χ2v) is 5.51. The van der Waals surface area contributed by atoms with Crippen LogP contribution in [0.1, 0.15) is 6.92 Å². The van der Waals surface area contributed by atoms with Crippen LogP contribution in [0.15, 0.2) is 25.6 Å². The van der Waals surface area contributed by atoms with Crippen molar-refractivity contribution in [2.75, 3.05) is 6.61 Å². The van der Waals surface area contributed by atoms with E-state index >= 15 is 0 Å². The minimum Gasteiger partial charge on any atom is -0.461 e. The van der Waals surface area contributed by atoms with Crippen LogP contribution < -0.4 is 4.74 Å². The fourth-order valence-electron chi connectivity index (χ4n) is 1.00. The summed E-state index contributed by atoms with van der Waals surface area (Å²) < 4.78 is 24.6. The van der Waals surface area contributed by atoms with Crippen LogP contribution in [0.5, 0.6) is 5.75 Å². The van der Waals surface area contributed by atoms with Gasteiger partial charge in [0, 0.05) is 4.47 Å². The van der Waals surface area contributed by atoms with E-state index < -0.39 is 12.3 Å². The van der Waals surface area contributed by atoms with Gasteiger partial charge < -0.3 is 9.47 Å². The molecule has 17 heavy (non-hydrogen) atoms. The van der Waals surface area contributed by atoms with Gasteiger partial charge in [-0.15, -0.1) is 0 Å². The van der Waals surface area contributed by atoms with Gasteiger partial charge in [-0.05, 0) is 50.9 Å². The minimum atomic E-state index is -2.15. The van der Waals surface area contributed by atoms with Gasteiger partial charge in [0.2, 0.25) is 0 Å². The molecule has 7 heteroatoms. The zero-order valence-electron chi connectivity index (χ0n) is 8.68. The number of carbonyl (C=O) groups is 1. The van der Waals surface area contributed by atoms with Crippen molar-refractivity contribution in [3.63, 3.8) is 0 Å². The van der Waals surface area contributed by atoms with E-state index in [1.54, 1.807) is 19.1 Å². The third-order valence-electron chi connectivity index (χ3n) is 1.66. The Hall–Kier alpha value is -0.140. The van der Waals surface area contributed by atoms with Crippen LogP contribution in [-0.4, -0.2) is 18.9 Å². The fourth-order valence-corrected chi connectivity index (χ4v) is 3.45. The number of rotatable bonds is 4. The zero-order chi connectivity index (χ0) is 13.0. The van der Waals surface area contributed by atoms with Crippen LogP contribution in [-0.2, 0) is 9.53 Å². The third kappa shape index (κ3) is 4.22. The maximum absolute atomic E-state index is 13.4. The highest BCUT2D eigenvalue weighted by molar-refractivity contribution is 9.11. The molecule has 1 rings (SSSR count). The zero-order valence-corrected chi connectivity index (χ0v) is 13.4. The Morgan fingerprint density at radius 1 is 1.35 bits per heavy atom. The van der Waals surface area contributed by atoms with Crippen molar-refractivity contribution in [1.82, 2.24) is 0 Å². The molecule has 0 radical (unpaired) electrons. The number of alkyl halides is 1. The van der Waals surface area contributed by atoms with E-state index in [1.807, 2.05) is 0 Å². The third-order valence-corrected chi connectivity index (χ3v) is 3.29. The van der Waals surface area contributed by atoms with E-state index in [2.05, 4.69) is 52.5 Å². The van der Waals surface area contributed by atoms with Crippen molar-refractivity contribution in [2.24, 2.45) is 0 Å². The Bertz CT molecular complexity index is 402. The van der Waals surface area contributed by atoms with Gasteiger partial charge in [-0.1, -0.05) is 15.9 Å². The highest BCUT2D eigenvalue weighted by atomic mass is 79.9. The summed E-state index contributed by atoms with van der Waals surface area (Å²) in [5, 5.41) is 0. The Morgan fingerprint density at radius 3 is 2.35 bits per heavy atom. The Balaban J connectivity index is 2.85.